The number of ether oxygens (including phenoxy) is 1. The molecular formula is C20H19F3N2O4. The maximum absolute atomic E-state index is 12.7. The quantitative estimate of drug-likeness (QED) is 0.578. The Morgan fingerprint density at radius 1 is 1.14 bits per heavy atom. The van der Waals surface area contributed by atoms with Gasteiger partial charge in [-0.05, 0) is 36.8 Å². The Hall–Kier alpha value is -3.23. The van der Waals surface area contributed by atoms with E-state index in [2.05, 4.69) is 5.32 Å². The Morgan fingerprint density at radius 3 is 2.72 bits per heavy atom. The van der Waals surface area contributed by atoms with Crippen molar-refractivity contribution in [2.45, 2.75) is 25.6 Å². The lowest BCUT2D eigenvalue weighted by molar-refractivity contribution is -0.137. The van der Waals surface area contributed by atoms with Gasteiger partial charge in [0.25, 0.3) is 0 Å². The van der Waals surface area contributed by atoms with Crippen LogP contribution in [0.2, 0.25) is 0 Å². The maximum Gasteiger partial charge on any atom is 0.419 e. The summed E-state index contributed by atoms with van der Waals surface area (Å²) >= 11 is 0. The summed E-state index contributed by atoms with van der Waals surface area (Å²) in [6.45, 7) is 0.534. The van der Waals surface area contributed by atoms with E-state index in [9.17, 15) is 22.8 Å². The molecule has 154 valence electrons. The van der Waals surface area contributed by atoms with Crippen LogP contribution in [0.3, 0.4) is 0 Å². The number of nitrogens with zero attached hydrogens (tertiary/aromatic N) is 1. The van der Waals surface area contributed by atoms with E-state index in [4.69, 9.17) is 9.15 Å². The smallest absolute Gasteiger partial charge is 0.419 e. The molecule has 2 aromatic carbocycles. The number of aryl methyl sites for hydroxylation is 1. The molecule has 0 fully saturated rings. The highest BCUT2D eigenvalue weighted by Crippen LogP contribution is 2.31. The second-order valence-electron chi connectivity index (χ2n) is 6.31. The Kier molecular flexibility index (Phi) is 6.26. The first-order valence-corrected chi connectivity index (χ1v) is 9.00. The number of amides is 1. The summed E-state index contributed by atoms with van der Waals surface area (Å²) in [6.07, 6.45) is -3.81. The van der Waals surface area contributed by atoms with Crippen LogP contribution in [0.25, 0.3) is 11.1 Å². The van der Waals surface area contributed by atoms with Gasteiger partial charge in [0.1, 0.15) is 12.4 Å². The number of fused-ring (bicyclic) bond motifs is 1. The predicted octanol–water partition coefficient (Wildman–Crippen LogP) is 3.59. The number of carbonyl (C=O) groups excluding carboxylic acids is 1. The minimum atomic E-state index is -4.43. The summed E-state index contributed by atoms with van der Waals surface area (Å²) in [6, 6.07) is 11.6. The van der Waals surface area contributed by atoms with E-state index >= 15 is 0 Å². The number of rotatable bonds is 8. The molecule has 1 amide bonds. The number of aromatic nitrogens is 1. The van der Waals surface area contributed by atoms with Crippen molar-refractivity contribution in [1.29, 1.82) is 0 Å². The zero-order valence-corrected chi connectivity index (χ0v) is 15.4. The highest BCUT2D eigenvalue weighted by atomic mass is 19.4. The average Bonchev–Trinajstić information content (AvgIpc) is 3.00. The van der Waals surface area contributed by atoms with Crippen molar-refractivity contribution in [3.63, 3.8) is 0 Å². The Morgan fingerprint density at radius 2 is 1.93 bits per heavy atom. The number of hydrogen-bond acceptors (Lipinski definition) is 4. The lowest BCUT2D eigenvalue weighted by Crippen LogP contribution is -2.28. The molecule has 1 N–H and O–H groups in total. The molecule has 9 heteroatoms. The van der Waals surface area contributed by atoms with Crippen LogP contribution >= 0.6 is 0 Å². The molecule has 0 aliphatic rings. The average molecular weight is 408 g/mol. The topological polar surface area (TPSA) is 73.5 Å². The summed E-state index contributed by atoms with van der Waals surface area (Å²) in [5, 5.41) is 2.63. The molecule has 1 heterocycles. The van der Waals surface area contributed by atoms with E-state index in [0.29, 0.717) is 24.1 Å². The third-order valence-electron chi connectivity index (χ3n) is 4.21. The van der Waals surface area contributed by atoms with Crippen LogP contribution < -0.4 is 15.8 Å². The molecule has 0 aliphatic heterocycles. The van der Waals surface area contributed by atoms with Crippen LogP contribution in [0, 0.1) is 0 Å². The lowest BCUT2D eigenvalue weighted by atomic mass is 10.2. The molecule has 1 aromatic heterocycles. The minimum Gasteiger partial charge on any atom is -0.492 e. The fourth-order valence-corrected chi connectivity index (χ4v) is 2.83. The van der Waals surface area contributed by atoms with Crippen molar-refractivity contribution < 1.29 is 27.1 Å². The SMILES string of the molecule is O=C(CCCn1c(=O)oc2ccccc21)NCCOc1cccc(C(F)(F)F)c1. The van der Waals surface area contributed by atoms with E-state index in [1.165, 1.54) is 16.7 Å². The summed E-state index contributed by atoms with van der Waals surface area (Å²) in [5.41, 5.74) is 0.377. The fraction of sp³-hybridized carbons (Fsp3) is 0.300. The standard InChI is InChI=1S/C20H19F3N2O4/c21-20(22,23)14-5-3-6-15(13-14)28-12-10-24-18(26)9-4-11-25-16-7-1-2-8-17(16)29-19(25)27/h1-3,5-8,13H,4,9-12H2,(H,24,26). The predicted molar refractivity (Wildman–Crippen MR) is 99.7 cm³/mol. The van der Waals surface area contributed by atoms with Crippen molar-refractivity contribution in [2.24, 2.45) is 0 Å². The summed E-state index contributed by atoms with van der Waals surface area (Å²) < 4.78 is 49.8. The number of nitrogens with one attached hydrogen (secondary N) is 1. The molecule has 0 atom stereocenters. The largest absolute Gasteiger partial charge is 0.492 e. The molecule has 0 saturated carbocycles. The highest BCUT2D eigenvalue weighted by molar-refractivity contribution is 5.76. The van der Waals surface area contributed by atoms with Gasteiger partial charge in [0.2, 0.25) is 5.91 Å². The Labute approximate surface area is 163 Å². The van der Waals surface area contributed by atoms with E-state index in [1.807, 2.05) is 0 Å². The Bertz CT molecular complexity index is 1040. The number of benzene rings is 2. The van der Waals surface area contributed by atoms with Crippen molar-refractivity contribution in [3.05, 3.63) is 64.6 Å². The van der Waals surface area contributed by atoms with Crippen LogP contribution in [0.15, 0.2) is 57.7 Å². The number of alkyl halides is 3. The molecule has 0 aliphatic carbocycles. The normalized spacial score (nSPS) is 11.6. The third-order valence-corrected chi connectivity index (χ3v) is 4.21. The summed E-state index contributed by atoms with van der Waals surface area (Å²) in [7, 11) is 0. The first-order chi connectivity index (χ1) is 13.8. The van der Waals surface area contributed by atoms with Crippen molar-refractivity contribution in [1.82, 2.24) is 9.88 Å². The maximum atomic E-state index is 12.7. The number of hydrogen-bond donors (Lipinski definition) is 1. The summed E-state index contributed by atoms with van der Waals surface area (Å²) in [4.78, 5) is 23.7. The highest BCUT2D eigenvalue weighted by Gasteiger charge is 2.30. The molecule has 3 aromatic rings. The zero-order chi connectivity index (χ0) is 20.9. The third kappa shape index (κ3) is 5.40. The minimum absolute atomic E-state index is 0.0406. The van der Waals surface area contributed by atoms with Gasteiger partial charge in [0.15, 0.2) is 5.58 Å². The number of halogens is 3. The van der Waals surface area contributed by atoms with Crippen molar-refractivity contribution >= 4 is 17.0 Å². The second kappa shape index (κ2) is 8.85. The molecule has 0 saturated heterocycles. The van der Waals surface area contributed by atoms with Crippen LogP contribution in [-0.2, 0) is 17.5 Å². The van der Waals surface area contributed by atoms with Gasteiger partial charge < -0.3 is 14.5 Å². The van der Waals surface area contributed by atoms with Gasteiger partial charge in [-0.15, -0.1) is 0 Å². The molecule has 29 heavy (non-hydrogen) atoms. The molecule has 0 radical (unpaired) electrons. The first-order valence-electron chi connectivity index (χ1n) is 9.00. The van der Waals surface area contributed by atoms with Gasteiger partial charge in [-0.25, -0.2) is 4.79 Å². The van der Waals surface area contributed by atoms with Gasteiger partial charge >= 0.3 is 11.9 Å². The van der Waals surface area contributed by atoms with Gasteiger partial charge in [0, 0.05) is 13.0 Å². The molecule has 3 rings (SSSR count). The molecular weight excluding hydrogens is 389 g/mol. The molecule has 0 unspecified atom stereocenters. The molecule has 6 nitrogen and oxygen atoms in total. The van der Waals surface area contributed by atoms with E-state index in [0.717, 1.165) is 12.1 Å². The van der Waals surface area contributed by atoms with Crippen LogP contribution in [0.5, 0.6) is 5.75 Å². The Balaban J connectivity index is 1.39. The number of para-hydroxylation sites is 2. The van der Waals surface area contributed by atoms with Gasteiger partial charge in [-0.2, -0.15) is 13.2 Å². The molecule has 0 bridgehead atoms. The van der Waals surface area contributed by atoms with Crippen LogP contribution in [0.4, 0.5) is 13.2 Å². The van der Waals surface area contributed by atoms with Crippen molar-refractivity contribution in [3.8, 4) is 5.75 Å². The monoisotopic (exact) mass is 408 g/mol. The molecule has 0 spiro atoms. The lowest BCUT2D eigenvalue weighted by Gasteiger charge is -2.11. The van der Waals surface area contributed by atoms with Gasteiger partial charge in [-0.1, -0.05) is 18.2 Å². The first kappa shape index (κ1) is 20.5. The van der Waals surface area contributed by atoms with Crippen LogP contribution in [-0.4, -0.2) is 23.6 Å². The number of carbonyl (C=O) groups is 1. The fourth-order valence-electron chi connectivity index (χ4n) is 2.83. The van der Waals surface area contributed by atoms with E-state index < -0.39 is 17.5 Å². The zero-order valence-electron chi connectivity index (χ0n) is 15.4. The van der Waals surface area contributed by atoms with Crippen molar-refractivity contribution in [2.75, 3.05) is 13.2 Å². The van der Waals surface area contributed by atoms with Crippen LogP contribution in [0.1, 0.15) is 18.4 Å². The summed E-state index contributed by atoms with van der Waals surface area (Å²) in [5.74, 6) is -0.625. The van der Waals surface area contributed by atoms with E-state index in [-0.39, 0.29) is 31.2 Å². The van der Waals surface area contributed by atoms with Gasteiger partial charge in [-0.3, -0.25) is 9.36 Å². The number of oxazole rings is 1. The van der Waals surface area contributed by atoms with E-state index in [1.54, 1.807) is 24.3 Å². The van der Waals surface area contributed by atoms with Gasteiger partial charge in [0.05, 0.1) is 17.6 Å². The second-order valence-corrected chi connectivity index (χ2v) is 6.31.